The predicted octanol–water partition coefficient (Wildman–Crippen LogP) is 19.2. The van der Waals surface area contributed by atoms with Crippen LogP contribution in [0.5, 0.6) is 0 Å². The maximum Gasteiger partial charge on any atom is 0.306 e. The van der Waals surface area contributed by atoms with Gasteiger partial charge in [-0.3, -0.25) is 14.4 Å². The molecule has 388 valence electrons. The molecule has 0 saturated heterocycles. The van der Waals surface area contributed by atoms with Crippen LogP contribution in [0.1, 0.15) is 290 Å². The highest BCUT2D eigenvalue weighted by molar-refractivity contribution is 5.71. The Morgan fingerprint density at radius 3 is 0.866 bits per heavy atom. The summed E-state index contributed by atoms with van der Waals surface area (Å²) in [4.78, 5) is 38.1. The fourth-order valence-electron chi connectivity index (χ4n) is 8.09. The van der Waals surface area contributed by atoms with Crippen molar-refractivity contribution in [3.05, 3.63) is 60.8 Å². The lowest BCUT2D eigenvalue weighted by Crippen LogP contribution is -2.30. The van der Waals surface area contributed by atoms with Crippen molar-refractivity contribution in [2.24, 2.45) is 0 Å². The summed E-state index contributed by atoms with van der Waals surface area (Å²) in [6.07, 6.45) is 69.1. The zero-order valence-electron chi connectivity index (χ0n) is 44.4. The fourth-order valence-corrected chi connectivity index (χ4v) is 8.09. The van der Waals surface area contributed by atoms with Crippen LogP contribution in [-0.2, 0) is 28.6 Å². The van der Waals surface area contributed by atoms with Gasteiger partial charge < -0.3 is 14.2 Å². The molecule has 1 atom stereocenters. The maximum absolute atomic E-state index is 12.9. The van der Waals surface area contributed by atoms with Gasteiger partial charge in [0.2, 0.25) is 0 Å². The molecular formula is C61H108O6. The predicted molar refractivity (Wildman–Crippen MR) is 288 cm³/mol. The number of hydrogen-bond donors (Lipinski definition) is 0. The summed E-state index contributed by atoms with van der Waals surface area (Å²) in [5.41, 5.74) is 0. The molecule has 0 N–H and O–H groups in total. The van der Waals surface area contributed by atoms with Gasteiger partial charge in [-0.25, -0.2) is 0 Å². The number of ether oxygens (including phenoxy) is 3. The minimum Gasteiger partial charge on any atom is -0.462 e. The molecule has 6 heteroatoms. The molecular weight excluding hydrogens is 829 g/mol. The van der Waals surface area contributed by atoms with Gasteiger partial charge in [0, 0.05) is 19.3 Å². The quantitative estimate of drug-likeness (QED) is 0.0262. The highest BCUT2D eigenvalue weighted by Gasteiger charge is 2.19. The third kappa shape index (κ3) is 53.9. The summed E-state index contributed by atoms with van der Waals surface area (Å²) < 4.78 is 16.9. The van der Waals surface area contributed by atoms with E-state index in [9.17, 15) is 14.4 Å². The van der Waals surface area contributed by atoms with Crippen molar-refractivity contribution in [1.29, 1.82) is 0 Å². The highest BCUT2D eigenvalue weighted by Crippen LogP contribution is 2.15. The highest BCUT2D eigenvalue weighted by atomic mass is 16.6. The van der Waals surface area contributed by atoms with E-state index in [2.05, 4.69) is 81.5 Å². The molecule has 0 aliphatic rings. The summed E-state index contributed by atoms with van der Waals surface area (Å²) in [5, 5.41) is 0. The van der Waals surface area contributed by atoms with E-state index in [1.807, 2.05) is 0 Å². The molecule has 0 spiro atoms. The lowest BCUT2D eigenvalue weighted by Gasteiger charge is -2.18. The van der Waals surface area contributed by atoms with Crippen molar-refractivity contribution >= 4 is 17.9 Å². The first-order chi connectivity index (χ1) is 33.0. The number of esters is 3. The van der Waals surface area contributed by atoms with Crippen LogP contribution < -0.4 is 0 Å². The van der Waals surface area contributed by atoms with E-state index >= 15 is 0 Å². The van der Waals surface area contributed by atoms with Crippen LogP contribution in [0.2, 0.25) is 0 Å². The lowest BCUT2D eigenvalue weighted by atomic mass is 10.1. The number of carbonyl (C=O) groups excluding carboxylic acids is 3. The van der Waals surface area contributed by atoms with E-state index in [0.29, 0.717) is 19.3 Å². The summed E-state index contributed by atoms with van der Waals surface area (Å²) in [5.74, 6) is -0.894. The smallest absolute Gasteiger partial charge is 0.306 e. The second kappa shape index (κ2) is 55.7. The van der Waals surface area contributed by atoms with Crippen molar-refractivity contribution in [2.75, 3.05) is 13.2 Å². The van der Waals surface area contributed by atoms with Crippen LogP contribution in [0.25, 0.3) is 0 Å². The van der Waals surface area contributed by atoms with Gasteiger partial charge in [0.1, 0.15) is 13.2 Å². The molecule has 0 fully saturated rings. The van der Waals surface area contributed by atoms with E-state index in [1.165, 1.54) is 167 Å². The van der Waals surface area contributed by atoms with E-state index in [0.717, 1.165) is 83.5 Å². The molecule has 0 amide bonds. The van der Waals surface area contributed by atoms with E-state index in [4.69, 9.17) is 14.2 Å². The van der Waals surface area contributed by atoms with Crippen molar-refractivity contribution in [3.8, 4) is 0 Å². The second-order valence-corrected chi connectivity index (χ2v) is 19.2. The van der Waals surface area contributed by atoms with Crippen LogP contribution >= 0.6 is 0 Å². The third-order valence-electron chi connectivity index (χ3n) is 12.5. The zero-order valence-corrected chi connectivity index (χ0v) is 44.4. The molecule has 6 nitrogen and oxygen atoms in total. The summed E-state index contributed by atoms with van der Waals surface area (Å²) in [6, 6.07) is 0. The molecule has 0 aromatic carbocycles. The topological polar surface area (TPSA) is 78.9 Å². The minimum absolute atomic E-state index is 0.0818. The number of allylic oxidation sites excluding steroid dienone is 10. The Morgan fingerprint density at radius 1 is 0.299 bits per heavy atom. The standard InChI is InChI=1S/C61H108O6/c1-4-7-10-13-16-19-22-25-28-29-30-31-34-37-40-43-46-49-52-55-61(64)67-58(56-65-59(62)53-50-47-44-41-38-35-32-26-23-20-17-14-11-8-5-2)57-66-60(63)54-51-48-45-42-39-36-33-27-24-21-18-15-12-9-6-3/h16-17,19-21,24-26,28,32,58H,4-15,18,22-23,27,29-31,33-57H2,1-3H3/b19-16-,20-17-,24-21-,28-25-,32-26-/t58-/m1/s1. The zero-order chi connectivity index (χ0) is 48.6. The van der Waals surface area contributed by atoms with Gasteiger partial charge in [-0.1, -0.05) is 223 Å². The molecule has 67 heavy (non-hydrogen) atoms. The van der Waals surface area contributed by atoms with Crippen molar-refractivity contribution < 1.29 is 28.6 Å². The average Bonchev–Trinajstić information content (AvgIpc) is 3.33. The Morgan fingerprint density at radius 2 is 0.537 bits per heavy atom. The van der Waals surface area contributed by atoms with Crippen LogP contribution in [0.15, 0.2) is 60.8 Å². The molecule has 0 aliphatic heterocycles. The Hall–Kier alpha value is -2.89. The van der Waals surface area contributed by atoms with Gasteiger partial charge in [0.25, 0.3) is 0 Å². The fraction of sp³-hybridized carbons (Fsp3) is 0.787. The first kappa shape index (κ1) is 64.1. The van der Waals surface area contributed by atoms with Gasteiger partial charge in [-0.05, 0) is 109 Å². The normalized spacial score (nSPS) is 12.5. The van der Waals surface area contributed by atoms with Crippen LogP contribution in [-0.4, -0.2) is 37.2 Å². The van der Waals surface area contributed by atoms with Crippen LogP contribution in [0.3, 0.4) is 0 Å². The molecule has 0 aromatic heterocycles. The first-order valence-corrected chi connectivity index (χ1v) is 28.8. The summed E-state index contributed by atoms with van der Waals surface area (Å²) in [7, 11) is 0. The molecule has 0 radical (unpaired) electrons. The Bertz CT molecular complexity index is 1210. The monoisotopic (exact) mass is 937 g/mol. The Kier molecular flexibility index (Phi) is 53.3. The van der Waals surface area contributed by atoms with Crippen molar-refractivity contribution in [1.82, 2.24) is 0 Å². The largest absolute Gasteiger partial charge is 0.462 e. The lowest BCUT2D eigenvalue weighted by molar-refractivity contribution is -0.167. The van der Waals surface area contributed by atoms with E-state index in [1.54, 1.807) is 0 Å². The SMILES string of the molecule is CCCCC/C=C\C/C=C\CCCCCCCCCCCC(=O)O[C@H](COC(=O)CCCCCCC/C=C\C/C=C\CCCCC)COC(=O)CCCCCCCCC/C=C\CCCCCC. The summed E-state index contributed by atoms with van der Waals surface area (Å²) in [6.45, 7) is 6.58. The van der Waals surface area contributed by atoms with E-state index < -0.39 is 6.10 Å². The summed E-state index contributed by atoms with van der Waals surface area (Å²) >= 11 is 0. The van der Waals surface area contributed by atoms with E-state index in [-0.39, 0.29) is 31.1 Å². The molecule has 0 aromatic rings. The number of carbonyl (C=O) groups is 3. The van der Waals surface area contributed by atoms with Gasteiger partial charge in [-0.2, -0.15) is 0 Å². The van der Waals surface area contributed by atoms with Gasteiger partial charge in [0.15, 0.2) is 6.10 Å². The third-order valence-corrected chi connectivity index (χ3v) is 12.5. The van der Waals surface area contributed by atoms with Crippen molar-refractivity contribution in [2.45, 2.75) is 297 Å². The molecule has 0 rings (SSSR count). The number of unbranched alkanes of at least 4 members (excludes halogenated alkanes) is 31. The average molecular weight is 938 g/mol. The molecule has 0 aliphatic carbocycles. The van der Waals surface area contributed by atoms with Gasteiger partial charge in [0.05, 0.1) is 0 Å². The second-order valence-electron chi connectivity index (χ2n) is 19.2. The van der Waals surface area contributed by atoms with Crippen LogP contribution in [0, 0.1) is 0 Å². The molecule has 0 bridgehead atoms. The maximum atomic E-state index is 12.9. The van der Waals surface area contributed by atoms with Crippen molar-refractivity contribution in [3.63, 3.8) is 0 Å². The molecule has 0 unspecified atom stereocenters. The van der Waals surface area contributed by atoms with Gasteiger partial charge >= 0.3 is 17.9 Å². The molecule has 0 saturated carbocycles. The first-order valence-electron chi connectivity index (χ1n) is 28.8. The van der Waals surface area contributed by atoms with Gasteiger partial charge in [-0.15, -0.1) is 0 Å². The Balaban J connectivity index is 4.39. The minimum atomic E-state index is -0.784. The Labute approximate surface area is 415 Å². The van der Waals surface area contributed by atoms with Crippen LogP contribution in [0.4, 0.5) is 0 Å². The number of rotatable bonds is 52. The molecule has 0 heterocycles. The number of hydrogen-bond acceptors (Lipinski definition) is 6.